The summed E-state index contributed by atoms with van der Waals surface area (Å²) in [7, 11) is 1.63. The number of aromatic nitrogens is 3. The van der Waals surface area contributed by atoms with E-state index in [1.165, 1.54) is 17.3 Å². The van der Waals surface area contributed by atoms with Gasteiger partial charge < -0.3 is 15.5 Å². The maximum Gasteiger partial charge on any atom is 0.240 e. The number of hydrogen-bond acceptors (Lipinski definition) is 6. The molecule has 2 aromatic carbocycles. The number of carbonyl (C=O) groups is 1. The van der Waals surface area contributed by atoms with E-state index in [0.29, 0.717) is 5.16 Å². The Labute approximate surface area is 187 Å². The van der Waals surface area contributed by atoms with E-state index in [0.717, 1.165) is 33.7 Å². The Kier molecular flexibility index (Phi) is 6.01. The molecule has 9 heteroatoms. The maximum absolute atomic E-state index is 13.3. The largest absolute Gasteiger partial charge is 0.496 e. The van der Waals surface area contributed by atoms with Crippen molar-refractivity contribution in [2.24, 2.45) is 0 Å². The molecule has 0 bridgehead atoms. The molecule has 0 unspecified atom stereocenters. The van der Waals surface area contributed by atoms with Crippen molar-refractivity contribution in [1.29, 1.82) is 0 Å². The fourth-order valence-electron chi connectivity index (χ4n) is 3.32. The zero-order valence-electron chi connectivity index (χ0n) is 16.8. The van der Waals surface area contributed by atoms with Crippen molar-refractivity contribution in [1.82, 2.24) is 14.9 Å². The number of halogens is 1. The molecule has 2 heterocycles. The van der Waals surface area contributed by atoms with Crippen LogP contribution in [0.2, 0.25) is 0 Å². The first-order chi connectivity index (χ1) is 14.5. The maximum atomic E-state index is 13.3. The normalized spacial score (nSPS) is 17.7. The minimum atomic E-state index is -0.438. The van der Waals surface area contributed by atoms with Crippen LogP contribution in [0.5, 0.6) is 5.75 Å². The lowest BCUT2D eigenvalue weighted by atomic mass is 10.0. The van der Waals surface area contributed by atoms with Crippen molar-refractivity contribution in [3.8, 4) is 5.75 Å². The molecule has 0 radical (unpaired) electrons. The third-order valence-electron chi connectivity index (χ3n) is 5.02. The summed E-state index contributed by atoms with van der Waals surface area (Å²) < 4.78 is 8.00. The number of rotatable bonds is 5. The molecule has 0 saturated heterocycles. The Morgan fingerprint density at radius 3 is 2.70 bits per heavy atom. The molecular weight excluding hydrogens is 466 g/mol. The van der Waals surface area contributed by atoms with Gasteiger partial charge in [-0.25, -0.2) is 4.68 Å². The number of thioether (sulfide) groups is 1. The van der Waals surface area contributed by atoms with Crippen molar-refractivity contribution < 1.29 is 9.53 Å². The first-order valence-corrected chi connectivity index (χ1v) is 11.3. The Balaban J connectivity index is 1.65. The molecule has 30 heavy (non-hydrogen) atoms. The first kappa shape index (κ1) is 20.7. The van der Waals surface area contributed by atoms with Gasteiger partial charge in [0.2, 0.25) is 11.1 Å². The quantitative estimate of drug-likeness (QED) is 0.557. The zero-order chi connectivity index (χ0) is 21.3. The molecule has 0 fully saturated rings. The molecule has 1 aliphatic heterocycles. The van der Waals surface area contributed by atoms with Crippen LogP contribution in [-0.4, -0.2) is 33.1 Å². The molecule has 2 atom stereocenters. The Bertz CT molecular complexity index is 1070. The van der Waals surface area contributed by atoms with Gasteiger partial charge in [0.05, 0.1) is 17.6 Å². The average Bonchev–Trinajstić information content (AvgIpc) is 3.13. The number of methoxy groups -OCH3 is 1. The molecule has 7 nitrogen and oxygen atoms in total. The van der Waals surface area contributed by atoms with Crippen LogP contribution in [0.1, 0.15) is 29.9 Å². The van der Waals surface area contributed by atoms with Crippen molar-refractivity contribution in [2.75, 3.05) is 17.9 Å². The lowest BCUT2D eigenvalue weighted by Crippen LogP contribution is -2.41. The molecule has 0 saturated carbocycles. The van der Waals surface area contributed by atoms with E-state index < -0.39 is 5.25 Å². The summed E-state index contributed by atoms with van der Waals surface area (Å²) in [5.41, 5.74) is 6.37. The molecule has 1 aromatic heterocycles. The van der Waals surface area contributed by atoms with Crippen molar-refractivity contribution in [3.05, 3.63) is 63.9 Å². The summed E-state index contributed by atoms with van der Waals surface area (Å²) in [6.07, 6.45) is 0.958. The Morgan fingerprint density at radius 2 is 2.03 bits per heavy atom. The number of anilines is 1. The number of nitrogens with zero attached hydrogens (tertiary/aromatic N) is 3. The van der Waals surface area contributed by atoms with Crippen LogP contribution < -0.4 is 15.5 Å². The van der Waals surface area contributed by atoms with Gasteiger partial charge in [0.25, 0.3) is 0 Å². The van der Waals surface area contributed by atoms with Crippen LogP contribution in [-0.2, 0) is 11.2 Å². The van der Waals surface area contributed by atoms with Gasteiger partial charge in [-0.1, -0.05) is 36.9 Å². The van der Waals surface area contributed by atoms with Crippen molar-refractivity contribution in [2.45, 2.75) is 36.7 Å². The van der Waals surface area contributed by atoms with Gasteiger partial charge in [-0.2, -0.15) is 0 Å². The number of carbonyl (C=O) groups excluding carboxylic acids is 1. The molecule has 0 aliphatic carbocycles. The monoisotopic (exact) mass is 487 g/mol. The van der Waals surface area contributed by atoms with Gasteiger partial charge in [0, 0.05) is 5.69 Å². The van der Waals surface area contributed by atoms with Gasteiger partial charge in [0.1, 0.15) is 16.8 Å². The fourth-order valence-corrected chi connectivity index (χ4v) is 5.01. The van der Waals surface area contributed by atoms with E-state index in [2.05, 4.69) is 43.8 Å². The van der Waals surface area contributed by atoms with Crippen LogP contribution in [0, 0.1) is 6.92 Å². The summed E-state index contributed by atoms with van der Waals surface area (Å²) in [6, 6.07) is 13.5. The first-order valence-electron chi connectivity index (χ1n) is 9.58. The van der Waals surface area contributed by atoms with Crippen LogP contribution in [0.3, 0.4) is 0 Å². The molecule has 4 rings (SSSR count). The number of fused-ring (bicyclic) bond motifs is 1. The second-order valence-electron chi connectivity index (χ2n) is 6.94. The van der Waals surface area contributed by atoms with Crippen LogP contribution >= 0.6 is 27.7 Å². The van der Waals surface area contributed by atoms with Gasteiger partial charge in [-0.3, -0.25) is 4.79 Å². The molecular formula is C21H22BrN5O2S. The van der Waals surface area contributed by atoms with Crippen LogP contribution in [0.15, 0.2) is 52.1 Å². The van der Waals surface area contributed by atoms with Crippen LogP contribution in [0.25, 0.3) is 0 Å². The summed E-state index contributed by atoms with van der Waals surface area (Å²) >= 11 is 4.95. The Hall–Kier alpha value is -2.52. The lowest BCUT2D eigenvalue weighted by molar-refractivity contribution is -0.116. The predicted octanol–water partition coefficient (Wildman–Crippen LogP) is 4.32. The number of hydrogen-bond donors (Lipinski definition) is 2. The third kappa shape index (κ3) is 4.04. The van der Waals surface area contributed by atoms with Crippen molar-refractivity contribution >= 4 is 39.3 Å². The van der Waals surface area contributed by atoms with Gasteiger partial charge in [-0.15, -0.1) is 10.2 Å². The number of benzene rings is 2. The standard InChI is InChI=1S/C21H22BrN5O2S/c1-4-13-5-8-15(9-6-13)23-20(28)19-18(14-7-10-17(29-3)16(22)11-14)26-27-12(2)24-25-21(27)30-19/h5-11,18-19,26H,4H2,1-3H3,(H,23,28)/t18-,19-/m1/s1. The highest BCUT2D eigenvalue weighted by atomic mass is 79.9. The highest BCUT2D eigenvalue weighted by Crippen LogP contribution is 2.39. The summed E-state index contributed by atoms with van der Waals surface area (Å²) in [6.45, 7) is 3.98. The minimum Gasteiger partial charge on any atom is -0.496 e. The molecule has 1 amide bonds. The van der Waals surface area contributed by atoms with E-state index in [4.69, 9.17) is 4.74 Å². The SMILES string of the molecule is CCc1ccc(NC(=O)[C@@H]2Sc3nnc(C)n3N[C@@H]2c2ccc(OC)c(Br)c2)cc1. The van der Waals surface area contributed by atoms with Gasteiger partial charge in [-0.05, 0) is 64.7 Å². The highest BCUT2D eigenvalue weighted by molar-refractivity contribution is 9.10. The van der Waals surface area contributed by atoms with Gasteiger partial charge >= 0.3 is 0 Å². The second-order valence-corrected chi connectivity index (χ2v) is 8.91. The molecule has 156 valence electrons. The number of ether oxygens (including phenoxy) is 1. The van der Waals surface area contributed by atoms with Crippen molar-refractivity contribution in [3.63, 3.8) is 0 Å². The smallest absolute Gasteiger partial charge is 0.240 e. The molecule has 2 N–H and O–H groups in total. The van der Waals surface area contributed by atoms with E-state index in [9.17, 15) is 4.79 Å². The van der Waals surface area contributed by atoms with E-state index in [-0.39, 0.29) is 11.9 Å². The number of amides is 1. The highest BCUT2D eigenvalue weighted by Gasteiger charge is 2.37. The minimum absolute atomic E-state index is 0.0967. The van der Waals surface area contributed by atoms with E-state index >= 15 is 0 Å². The van der Waals surface area contributed by atoms with E-state index in [1.54, 1.807) is 7.11 Å². The third-order valence-corrected chi connectivity index (χ3v) is 6.86. The summed E-state index contributed by atoms with van der Waals surface area (Å²) in [4.78, 5) is 13.3. The summed E-state index contributed by atoms with van der Waals surface area (Å²) in [5, 5.41) is 11.6. The lowest BCUT2D eigenvalue weighted by Gasteiger charge is -2.33. The summed E-state index contributed by atoms with van der Waals surface area (Å²) in [5.74, 6) is 1.38. The molecule has 3 aromatic rings. The number of aryl methyl sites for hydroxylation is 2. The van der Waals surface area contributed by atoms with Crippen LogP contribution in [0.4, 0.5) is 5.69 Å². The molecule has 0 spiro atoms. The predicted molar refractivity (Wildman–Crippen MR) is 122 cm³/mol. The average molecular weight is 488 g/mol. The van der Waals surface area contributed by atoms with E-state index in [1.807, 2.05) is 54.1 Å². The Morgan fingerprint density at radius 1 is 1.27 bits per heavy atom. The number of nitrogens with one attached hydrogen (secondary N) is 2. The molecule has 1 aliphatic rings. The fraction of sp³-hybridized carbons (Fsp3) is 0.286. The van der Waals surface area contributed by atoms with Gasteiger partial charge in [0.15, 0.2) is 0 Å². The topological polar surface area (TPSA) is 81.1 Å². The second kappa shape index (κ2) is 8.69. The zero-order valence-corrected chi connectivity index (χ0v) is 19.3.